The maximum Gasteiger partial charge on any atom is 0.387 e. The highest BCUT2D eigenvalue weighted by Crippen LogP contribution is 2.18. The van der Waals surface area contributed by atoms with E-state index in [1.54, 1.807) is 19.1 Å². The first-order valence-electron chi connectivity index (χ1n) is 3.90. The molecule has 0 fully saturated rings. The monoisotopic (exact) mass is 187 g/mol. The fourth-order valence-electron chi connectivity index (χ4n) is 0.974. The molecule has 1 aromatic carbocycles. The Balaban J connectivity index is 2.79. The minimum atomic E-state index is -2.79. The maximum absolute atomic E-state index is 11.8. The highest BCUT2D eigenvalue weighted by atomic mass is 19.3. The summed E-state index contributed by atoms with van der Waals surface area (Å²) < 4.78 is 27.8. The molecule has 2 nitrogen and oxygen atoms in total. The van der Waals surface area contributed by atoms with Crippen molar-refractivity contribution in [2.45, 2.75) is 19.6 Å². The SMILES string of the molecule is C[C@@H](N)c1cccc(OC(F)F)c1. The fraction of sp³-hybridized carbons (Fsp3) is 0.333. The van der Waals surface area contributed by atoms with Gasteiger partial charge in [-0.3, -0.25) is 0 Å². The average molecular weight is 187 g/mol. The van der Waals surface area contributed by atoms with Crippen molar-refractivity contribution in [1.82, 2.24) is 0 Å². The van der Waals surface area contributed by atoms with Gasteiger partial charge in [0.1, 0.15) is 5.75 Å². The van der Waals surface area contributed by atoms with Crippen LogP contribution in [0.1, 0.15) is 18.5 Å². The van der Waals surface area contributed by atoms with E-state index in [9.17, 15) is 8.78 Å². The van der Waals surface area contributed by atoms with Gasteiger partial charge in [-0.05, 0) is 24.6 Å². The molecular formula is C9H11F2NO. The Morgan fingerprint density at radius 2 is 2.08 bits per heavy atom. The van der Waals surface area contributed by atoms with Gasteiger partial charge in [0.15, 0.2) is 0 Å². The van der Waals surface area contributed by atoms with Gasteiger partial charge in [-0.25, -0.2) is 0 Å². The third kappa shape index (κ3) is 2.99. The van der Waals surface area contributed by atoms with Crippen molar-refractivity contribution < 1.29 is 13.5 Å². The first kappa shape index (κ1) is 9.92. The lowest BCUT2D eigenvalue weighted by atomic mass is 10.1. The van der Waals surface area contributed by atoms with Crippen molar-refractivity contribution in [3.63, 3.8) is 0 Å². The number of alkyl halides is 2. The lowest BCUT2D eigenvalue weighted by molar-refractivity contribution is -0.0498. The number of hydrogen-bond acceptors (Lipinski definition) is 2. The Morgan fingerprint density at radius 3 is 2.62 bits per heavy atom. The largest absolute Gasteiger partial charge is 0.435 e. The Hall–Kier alpha value is -1.16. The molecule has 1 atom stereocenters. The van der Waals surface area contributed by atoms with Crippen LogP contribution in [0.15, 0.2) is 24.3 Å². The second kappa shape index (κ2) is 4.18. The molecule has 0 bridgehead atoms. The van der Waals surface area contributed by atoms with E-state index in [1.165, 1.54) is 12.1 Å². The molecule has 1 rings (SSSR count). The van der Waals surface area contributed by atoms with Crippen molar-refractivity contribution >= 4 is 0 Å². The van der Waals surface area contributed by atoms with Gasteiger partial charge in [0.25, 0.3) is 0 Å². The van der Waals surface area contributed by atoms with Gasteiger partial charge in [-0.1, -0.05) is 12.1 Å². The molecule has 72 valence electrons. The summed E-state index contributed by atoms with van der Waals surface area (Å²) in [6.07, 6.45) is 0. The van der Waals surface area contributed by atoms with Crippen molar-refractivity contribution in [1.29, 1.82) is 0 Å². The third-order valence-corrected chi connectivity index (χ3v) is 1.61. The van der Waals surface area contributed by atoms with E-state index in [-0.39, 0.29) is 11.8 Å². The van der Waals surface area contributed by atoms with Crippen LogP contribution in [0.4, 0.5) is 8.78 Å². The van der Waals surface area contributed by atoms with Crippen LogP contribution in [-0.2, 0) is 0 Å². The van der Waals surface area contributed by atoms with Crippen LogP contribution >= 0.6 is 0 Å². The predicted molar refractivity (Wildman–Crippen MR) is 45.7 cm³/mol. The quantitative estimate of drug-likeness (QED) is 0.788. The van der Waals surface area contributed by atoms with Gasteiger partial charge < -0.3 is 10.5 Å². The molecule has 0 radical (unpaired) electrons. The van der Waals surface area contributed by atoms with Crippen LogP contribution in [0.2, 0.25) is 0 Å². The molecule has 0 saturated carbocycles. The molecule has 0 unspecified atom stereocenters. The minimum Gasteiger partial charge on any atom is -0.435 e. The Labute approximate surface area is 75.3 Å². The van der Waals surface area contributed by atoms with Crippen molar-refractivity contribution in [3.8, 4) is 5.75 Å². The Kier molecular flexibility index (Phi) is 3.19. The van der Waals surface area contributed by atoms with Crippen LogP contribution in [0.25, 0.3) is 0 Å². The number of halogens is 2. The lowest BCUT2D eigenvalue weighted by Crippen LogP contribution is -2.06. The third-order valence-electron chi connectivity index (χ3n) is 1.61. The van der Waals surface area contributed by atoms with Crippen molar-refractivity contribution in [2.75, 3.05) is 0 Å². The molecule has 0 saturated heterocycles. The topological polar surface area (TPSA) is 35.2 Å². The molecule has 4 heteroatoms. The number of rotatable bonds is 3. The van der Waals surface area contributed by atoms with Gasteiger partial charge >= 0.3 is 6.61 Å². The molecule has 0 spiro atoms. The second-order valence-corrected chi connectivity index (χ2v) is 2.74. The zero-order valence-corrected chi connectivity index (χ0v) is 7.21. The van der Waals surface area contributed by atoms with Gasteiger partial charge in [0.05, 0.1) is 0 Å². The molecule has 0 aliphatic rings. The van der Waals surface area contributed by atoms with Crippen LogP contribution in [-0.4, -0.2) is 6.61 Å². The number of ether oxygens (including phenoxy) is 1. The summed E-state index contributed by atoms with van der Waals surface area (Å²) in [5.41, 5.74) is 6.35. The van der Waals surface area contributed by atoms with Crippen LogP contribution in [0.5, 0.6) is 5.75 Å². The summed E-state index contributed by atoms with van der Waals surface area (Å²) in [6.45, 7) is -1.01. The first-order valence-corrected chi connectivity index (χ1v) is 3.90. The summed E-state index contributed by atoms with van der Waals surface area (Å²) in [5.74, 6) is 0.143. The molecule has 0 aromatic heterocycles. The number of benzene rings is 1. The molecule has 0 amide bonds. The van der Waals surface area contributed by atoms with Gasteiger partial charge in [0.2, 0.25) is 0 Å². The standard InChI is InChI=1S/C9H11F2NO/c1-6(12)7-3-2-4-8(5-7)13-9(10)11/h2-6,9H,12H2,1H3/t6-/m1/s1. The molecule has 1 aromatic rings. The van der Waals surface area contributed by atoms with E-state index in [1.807, 2.05) is 0 Å². The van der Waals surface area contributed by atoms with Gasteiger partial charge in [-0.2, -0.15) is 8.78 Å². The van der Waals surface area contributed by atoms with Crippen LogP contribution < -0.4 is 10.5 Å². The molecule has 13 heavy (non-hydrogen) atoms. The zero-order chi connectivity index (χ0) is 9.84. The summed E-state index contributed by atoms with van der Waals surface area (Å²) in [6, 6.07) is 6.20. The predicted octanol–water partition coefficient (Wildman–Crippen LogP) is 2.31. The lowest BCUT2D eigenvalue weighted by Gasteiger charge is -2.08. The summed E-state index contributed by atoms with van der Waals surface area (Å²) >= 11 is 0. The average Bonchev–Trinajstić information content (AvgIpc) is 2.03. The molecule has 2 N–H and O–H groups in total. The maximum atomic E-state index is 11.8. The normalized spacial score (nSPS) is 13.0. The minimum absolute atomic E-state index is 0.143. The number of hydrogen-bond donors (Lipinski definition) is 1. The van der Waals surface area contributed by atoms with E-state index in [0.717, 1.165) is 5.56 Å². The summed E-state index contributed by atoms with van der Waals surface area (Å²) in [4.78, 5) is 0. The summed E-state index contributed by atoms with van der Waals surface area (Å²) in [7, 11) is 0. The molecule has 0 aliphatic heterocycles. The van der Waals surface area contributed by atoms with E-state index in [2.05, 4.69) is 4.74 Å². The highest BCUT2D eigenvalue weighted by molar-refractivity contribution is 5.30. The molecular weight excluding hydrogens is 176 g/mol. The smallest absolute Gasteiger partial charge is 0.387 e. The van der Waals surface area contributed by atoms with E-state index >= 15 is 0 Å². The first-order chi connectivity index (χ1) is 6.09. The van der Waals surface area contributed by atoms with E-state index in [4.69, 9.17) is 5.73 Å². The van der Waals surface area contributed by atoms with Crippen molar-refractivity contribution in [2.24, 2.45) is 5.73 Å². The van der Waals surface area contributed by atoms with E-state index < -0.39 is 6.61 Å². The van der Waals surface area contributed by atoms with E-state index in [0.29, 0.717) is 0 Å². The molecule has 0 aliphatic carbocycles. The Morgan fingerprint density at radius 1 is 1.38 bits per heavy atom. The number of nitrogens with two attached hydrogens (primary N) is 1. The van der Waals surface area contributed by atoms with Crippen LogP contribution in [0.3, 0.4) is 0 Å². The van der Waals surface area contributed by atoms with Gasteiger partial charge in [-0.15, -0.1) is 0 Å². The summed E-state index contributed by atoms with van der Waals surface area (Å²) in [5, 5.41) is 0. The zero-order valence-electron chi connectivity index (χ0n) is 7.21. The second-order valence-electron chi connectivity index (χ2n) is 2.74. The molecule has 0 heterocycles. The fourth-order valence-corrected chi connectivity index (χ4v) is 0.974. The Bertz CT molecular complexity index is 276. The highest BCUT2D eigenvalue weighted by Gasteiger charge is 2.05. The van der Waals surface area contributed by atoms with Crippen LogP contribution in [0, 0.1) is 0 Å². The van der Waals surface area contributed by atoms with Gasteiger partial charge in [0, 0.05) is 6.04 Å². The van der Waals surface area contributed by atoms with Crippen molar-refractivity contribution in [3.05, 3.63) is 29.8 Å².